The highest BCUT2D eigenvalue weighted by molar-refractivity contribution is 5.34. The van der Waals surface area contributed by atoms with Gasteiger partial charge in [-0.1, -0.05) is 18.6 Å². The fraction of sp³-hybridized carbons (Fsp3) is 0.647. The molecule has 1 aromatic rings. The topological polar surface area (TPSA) is 26.0 Å². The number of hydrogen-bond acceptors (Lipinski definition) is 1. The van der Waals surface area contributed by atoms with Crippen molar-refractivity contribution >= 4 is 0 Å². The summed E-state index contributed by atoms with van der Waals surface area (Å²) in [6, 6.07) is 3.39. The number of benzene rings is 1. The first-order valence-corrected chi connectivity index (χ1v) is 7.76. The molecule has 0 radical (unpaired) electrons. The third-order valence-corrected chi connectivity index (χ3v) is 6.34. The SMILES string of the molecule is Cc1ccc(C2(N)CC3CC2C2CCCC32)c(F)c1F. The van der Waals surface area contributed by atoms with Crippen LogP contribution in [0.15, 0.2) is 12.1 Å². The Labute approximate surface area is 118 Å². The molecule has 2 bridgehead atoms. The molecular weight excluding hydrogens is 256 g/mol. The van der Waals surface area contributed by atoms with E-state index in [1.165, 1.54) is 19.3 Å². The van der Waals surface area contributed by atoms with Gasteiger partial charge in [0.05, 0.1) is 0 Å². The molecule has 20 heavy (non-hydrogen) atoms. The van der Waals surface area contributed by atoms with Gasteiger partial charge in [0.2, 0.25) is 0 Å². The zero-order valence-corrected chi connectivity index (χ0v) is 11.8. The molecule has 0 heterocycles. The molecule has 5 atom stereocenters. The lowest BCUT2D eigenvalue weighted by Crippen LogP contribution is -2.47. The summed E-state index contributed by atoms with van der Waals surface area (Å²) in [7, 11) is 0. The molecule has 4 rings (SSSR count). The number of rotatable bonds is 1. The van der Waals surface area contributed by atoms with Crippen molar-refractivity contribution in [2.45, 2.75) is 44.6 Å². The first-order chi connectivity index (χ1) is 9.52. The highest BCUT2D eigenvalue weighted by atomic mass is 19.2. The van der Waals surface area contributed by atoms with Crippen molar-refractivity contribution in [3.8, 4) is 0 Å². The van der Waals surface area contributed by atoms with Gasteiger partial charge in [0.1, 0.15) is 0 Å². The van der Waals surface area contributed by atoms with Crippen LogP contribution in [0.5, 0.6) is 0 Å². The highest BCUT2D eigenvalue weighted by Crippen LogP contribution is 2.64. The molecular formula is C17H21F2N. The minimum absolute atomic E-state index is 0.344. The summed E-state index contributed by atoms with van der Waals surface area (Å²) in [5, 5.41) is 0. The molecule has 3 aliphatic carbocycles. The fourth-order valence-electron chi connectivity index (χ4n) is 5.51. The van der Waals surface area contributed by atoms with Crippen LogP contribution in [0.4, 0.5) is 8.78 Å². The zero-order valence-electron chi connectivity index (χ0n) is 11.8. The van der Waals surface area contributed by atoms with Crippen LogP contribution < -0.4 is 5.73 Å². The maximum Gasteiger partial charge on any atom is 0.164 e. The Bertz CT molecular complexity index is 570. The third kappa shape index (κ3) is 1.45. The molecule has 3 fully saturated rings. The van der Waals surface area contributed by atoms with E-state index in [-0.39, 0.29) is 0 Å². The van der Waals surface area contributed by atoms with E-state index in [0.29, 0.717) is 28.9 Å². The molecule has 3 aliphatic rings. The van der Waals surface area contributed by atoms with Crippen molar-refractivity contribution in [3.05, 3.63) is 34.9 Å². The molecule has 0 spiro atoms. The third-order valence-electron chi connectivity index (χ3n) is 6.34. The van der Waals surface area contributed by atoms with Crippen LogP contribution in [0.2, 0.25) is 0 Å². The van der Waals surface area contributed by atoms with E-state index in [2.05, 4.69) is 0 Å². The molecule has 0 saturated heterocycles. The largest absolute Gasteiger partial charge is 0.321 e. The Morgan fingerprint density at radius 3 is 2.70 bits per heavy atom. The normalized spacial score (nSPS) is 42.2. The lowest BCUT2D eigenvalue weighted by Gasteiger charge is -2.40. The number of aryl methyl sites for hydroxylation is 1. The van der Waals surface area contributed by atoms with Gasteiger partial charge in [-0.25, -0.2) is 8.78 Å². The van der Waals surface area contributed by atoms with Crippen molar-refractivity contribution in [1.29, 1.82) is 0 Å². The summed E-state index contributed by atoms with van der Waals surface area (Å²) in [4.78, 5) is 0. The van der Waals surface area contributed by atoms with E-state index >= 15 is 0 Å². The molecule has 3 saturated carbocycles. The van der Waals surface area contributed by atoms with Crippen LogP contribution in [0, 0.1) is 42.2 Å². The predicted molar refractivity (Wildman–Crippen MR) is 74.0 cm³/mol. The Morgan fingerprint density at radius 1 is 1.15 bits per heavy atom. The zero-order chi connectivity index (χ0) is 14.1. The number of halogens is 2. The predicted octanol–water partition coefficient (Wildman–Crippen LogP) is 3.88. The van der Waals surface area contributed by atoms with Gasteiger partial charge in [-0.2, -0.15) is 0 Å². The van der Waals surface area contributed by atoms with Gasteiger partial charge in [0, 0.05) is 11.1 Å². The molecule has 2 N–H and O–H groups in total. The van der Waals surface area contributed by atoms with Crippen molar-refractivity contribution < 1.29 is 8.78 Å². The number of nitrogens with two attached hydrogens (primary N) is 1. The monoisotopic (exact) mass is 277 g/mol. The first-order valence-electron chi connectivity index (χ1n) is 7.76. The second kappa shape index (κ2) is 4.03. The summed E-state index contributed by atoms with van der Waals surface area (Å²) in [5.74, 6) is 0.975. The minimum Gasteiger partial charge on any atom is -0.321 e. The highest BCUT2D eigenvalue weighted by Gasteiger charge is 2.60. The summed E-state index contributed by atoms with van der Waals surface area (Å²) in [6.45, 7) is 1.60. The summed E-state index contributed by atoms with van der Waals surface area (Å²) in [5.41, 5.74) is 6.76. The smallest absolute Gasteiger partial charge is 0.164 e. The average molecular weight is 277 g/mol. The van der Waals surface area contributed by atoms with E-state index in [1.807, 2.05) is 0 Å². The Kier molecular flexibility index (Phi) is 2.57. The summed E-state index contributed by atoms with van der Waals surface area (Å²) in [6.07, 6.45) is 5.76. The van der Waals surface area contributed by atoms with Gasteiger partial charge in [0.25, 0.3) is 0 Å². The van der Waals surface area contributed by atoms with Crippen LogP contribution in [0.25, 0.3) is 0 Å². The maximum absolute atomic E-state index is 14.4. The summed E-state index contributed by atoms with van der Waals surface area (Å²) >= 11 is 0. The van der Waals surface area contributed by atoms with Gasteiger partial charge >= 0.3 is 0 Å². The Hall–Kier alpha value is -0.960. The maximum atomic E-state index is 14.4. The van der Waals surface area contributed by atoms with E-state index in [0.717, 1.165) is 18.8 Å². The van der Waals surface area contributed by atoms with Gasteiger partial charge in [-0.3, -0.25) is 0 Å². The Balaban J connectivity index is 1.78. The van der Waals surface area contributed by atoms with E-state index in [4.69, 9.17) is 5.73 Å². The second-order valence-electron chi connectivity index (χ2n) is 7.16. The van der Waals surface area contributed by atoms with Gasteiger partial charge in [-0.15, -0.1) is 0 Å². The quantitative estimate of drug-likeness (QED) is 0.828. The molecule has 0 aromatic heterocycles. The van der Waals surface area contributed by atoms with Crippen molar-refractivity contribution in [3.63, 3.8) is 0 Å². The van der Waals surface area contributed by atoms with Gasteiger partial charge in [-0.05, 0) is 61.8 Å². The second-order valence-corrected chi connectivity index (χ2v) is 7.16. The molecule has 108 valence electrons. The fourth-order valence-corrected chi connectivity index (χ4v) is 5.51. The molecule has 3 heteroatoms. The standard InChI is InChI=1S/C17H21F2N/c1-9-5-6-13(16(19)15(9)18)17(20)8-10-7-14(17)12-4-2-3-11(10)12/h5-6,10-12,14H,2-4,7-8,20H2,1H3. The molecule has 0 amide bonds. The lowest BCUT2D eigenvalue weighted by molar-refractivity contribution is 0.152. The first kappa shape index (κ1) is 12.8. The van der Waals surface area contributed by atoms with Crippen molar-refractivity contribution in [2.75, 3.05) is 0 Å². The van der Waals surface area contributed by atoms with Crippen LogP contribution in [-0.2, 0) is 5.54 Å². The van der Waals surface area contributed by atoms with Crippen molar-refractivity contribution in [1.82, 2.24) is 0 Å². The number of hydrogen-bond donors (Lipinski definition) is 1. The van der Waals surface area contributed by atoms with Crippen LogP contribution in [-0.4, -0.2) is 0 Å². The number of fused-ring (bicyclic) bond motifs is 5. The van der Waals surface area contributed by atoms with E-state index in [1.54, 1.807) is 19.1 Å². The lowest BCUT2D eigenvalue weighted by atomic mass is 9.68. The van der Waals surface area contributed by atoms with Gasteiger partial charge in [0.15, 0.2) is 11.6 Å². The molecule has 1 nitrogen and oxygen atoms in total. The summed E-state index contributed by atoms with van der Waals surface area (Å²) < 4.78 is 28.3. The van der Waals surface area contributed by atoms with Crippen molar-refractivity contribution in [2.24, 2.45) is 29.4 Å². The van der Waals surface area contributed by atoms with Crippen LogP contribution in [0.1, 0.15) is 43.2 Å². The minimum atomic E-state index is -0.724. The van der Waals surface area contributed by atoms with E-state index < -0.39 is 17.2 Å². The van der Waals surface area contributed by atoms with Crippen LogP contribution >= 0.6 is 0 Å². The average Bonchev–Trinajstić information content (AvgIpc) is 3.06. The van der Waals surface area contributed by atoms with E-state index in [9.17, 15) is 8.78 Å². The Morgan fingerprint density at radius 2 is 1.90 bits per heavy atom. The van der Waals surface area contributed by atoms with Crippen LogP contribution in [0.3, 0.4) is 0 Å². The molecule has 5 unspecified atom stereocenters. The van der Waals surface area contributed by atoms with Gasteiger partial charge < -0.3 is 5.73 Å². The molecule has 1 aromatic carbocycles. The molecule has 0 aliphatic heterocycles.